The zero-order valence-corrected chi connectivity index (χ0v) is 12.4. The molecule has 0 unspecified atom stereocenters. The number of hydrogen-bond donors (Lipinski definition) is 2. The lowest BCUT2D eigenvalue weighted by Gasteiger charge is -2.11. The summed E-state index contributed by atoms with van der Waals surface area (Å²) in [5.74, 6) is -0.301. The summed E-state index contributed by atoms with van der Waals surface area (Å²) >= 11 is 0. The van der Waals surface area contributed by atoms with Crippen molar-refractivity contribution in [2.24, 2.45) is 0 Å². The van der Waals surface area contributed by atoms with Crippen molar-refractivity contribution >= 4 is 23.2 Å². The maximum Gasteiger partial charge on any atom is 0.255 e. The van der Waals surface area contributed by atoms with Gasteiger partial charge < -0.3 is 10.6 Å². The minimum Gasteiger partial charge on any atom is -0.326 e. The van der Waals surface area contributed by atoms with Crippen LogP contribution in [0, 0.1) is 13.8 Å². The molecule has 0 heterocycles. The van der Waals surface area contributed by atoms with Crippen LogP contribution in [0.3, 0.4) is 0 Å². The first-order valence-corrected chi connectivity index (χ1v) is 6.72. The van der Waals surface area contributed by atoms with E-state index >= 15 is 0 Å². The van der Waals surface area contributed by atoms with Crippen molar-refractivity contribution < 1.29 is 9.59 Å². The number of carbonyl (C=O) groups is 2. The van der Waals surface area contributed by atoms with Gasteiger partial charge >= 0.3 is 0 Å². The van der Waals surface area contributed by atoms with Crippen LogP contribution in [0.5, 0.6) is 0 Å². The molecule has 0 saturated carbocycles. The molecular weight excluding hydrogens is 264 g/mol. The molecule has 21 heavy (non-hydrogen) atoms. The predicted octanol–water partition coefficient (Wildman–Crippen LogP) is 3.51. The van der Waals surface area contributed by atoms with Crippen LogP contribution in [0.1, 0.15) is 28.4 Å². The van der Waals surface area contributed by atoms with Gasteiger partial charge in [-0.05, 0) is 49.2 Å². The SMILES string of the molecule is CC(=O)Nc1ccc(C(=O)Nc2c(C)cccc2C)cc1. The lowest BCUT2D eigenvalue weighted by molar-refractivity contribution is -0.114. The molecule has 0 aliphatic carbocycles. The van der Waals surface area contributed by atoms with E-state index in [4.69, 9.17) is 0 Å². The first kappa shape index (κ1) is 14.8. The number of carbonyl (C=O) groups excluding carboxylic acids is 2. The highest BCUT2D eigenvalue weighted by atomic mass is 16.2. The smallest absolute Gasteiger partial charge is 0.255 e. The summed E-state index contributed by atoms with van der Waals surface area (Å²) in [5, 5.41) is 5.60. The first-order valence-electron chi connectivity index (χ1n) is 6.72. The van der Waals surface area contributed by atoms with Crippen molar-refractivity contribution in [3.05, 3.63) is 59.2 Å². The molecule has 4 heteroatoms. The Morgan fingerprint density at radius 3 is 1.95 bits per heavy atom. The first-order chi connectivity index (χ1) is 9.97. The summed E-state index contributed by atoms with van der Waals surface area (Å²) < 4.78 is 0. The van der Waals surface area contributed by atoms with E-state index in [1.807, 2.05) is 32.0 Å². The van der Waals surface area contributed by atoms with Crippen LogP contribution in [0.4, 0.5) is 11.4 Å². The zero-order valence-electron chi connectivity index (χ0n) is 12.4. The Morgan fingerprint density at radius 1 is 0.857 bits per heavy atom. The topological polar surface area (TPSA) is 58.2 Å². The third kappa shape index (κ3) is 3.69. The van der Waals surface area contributed by atoms with Crippen LogP contribution >= 0.6 is 0 Å². The van der Waals surface area contributed by atoms with Crippen LogP contribution in [-0.4, -0.2) is 11.8 Å². The minimum atomic E-state index is -0.165. The number of benzene rings is 2. The van der Waals surface area contributed by atoms with Gasteiger partial charge in [0.1, 0.15) is 0 Å². The zero-order chi connectivity index (χ0) is 15.4. The summed E-state index contributed by atoms with van der Waals surface area (Å²) in [4.78, 5) is 23.2. The van der Waals surface area contributed by atoms with Gasteiger partial charge in [-0.3, -0.25) is 9.59 Å². The third-order valence-electron chi connectivity index (χ3n) is 3.19. The van der Waals surface area contributed by atoms with Gasteiger partial charge in [-0.15, -0.1) is 0 Å². The van der Waals surface area contributed by atoms with Gasteiger partial charge in [0.25, 0.3) is 5.91 Å². The Labute approximate surface area is 124 Å². The average molecular weight is 282 g/mol. The largest absolute Gasteiger partial charge is 0.326 e. The number of hydrogen-bond acceptors (Lipinski definition) is 2. The van der Waals surface area contributed by atoms with E-state index in [0.29, 0.717) is 11.3 Å². The molecule has 2 amide bonds. The molecule has 2 N–H and O–H groups in total. The number of aryl methyl sites for hydroxylation is 2. The maximum atomic E-state index is 12.3. The van der Waals surface area contributed by atoms with E-state index in [0.717, 1.165) is 16.8 Å². The number of para-hydroxylation sites is 1. The summed E-state index contributed by atoms with van der Waals surface area (Å²) in [5.41, 5.74) is 4.11. The molecule has 0 radical (unpaired) electrons. The van der Waals surface area contributed by atoms with Crippen LogP contribution < -0.4 is 10.6 Å². The van der Waals surface area contributed by atoms with Crippen molar-refractivity contribution in [2.45, 2.75) is 20.8 Å². The molecule has 0 aliphatic rings. The molecular formula is C17H18N2O2. The van der Waals surface area contributed by atoms with Crippen molar-refractivity contribution in [3.8, 4) is 0 Å². The van der Waals surface area contributed by atoms with Crippen molar-refractivity contribution in [1.82, 2.24) is 0 Å². The lowest BCUT2D eigenvalue weighted by Crippen LogP contribution is -2.14. The Balaban J connectivity index is 2.15. The van der Waals surface area contributed by atoms with Crippen LogP contribution in [0.2, 0.25) is 0 Å². The van der Waals surface area contributed by atoms with E-state index < -0.39 is 0 Å². The second-order valence-corrected chi connectivity index (χ2v) is 4.98. The van der Waals surface area contributed by atoms with Crippen LogP contribution in [0.15, 0.2) is 42.5 Å². The van der Waals surface area contributed by atoms with E-state index in [-0.39, 0.29) is 11.8 Å². The molecule has 0 spiro atoms. The van der Waals surface area contributed by atoms with Gasteiger partial charge in [0, 0.05) is 23.9 Å². The summed E-state index contributed by atoms with van der Waals surface area (Å²) in [6, 6.07) is 12.7. The molecule has 0 aliphatic heterocycles. The van der Waals surface area contributed by atoms with E-state index in [9.17, 15) is 9.59 Å². The minimum absolute atomic E-state index is 0.136. The molecule has 0 fully saturated rings. The van der Waals surface area contributed by atoms with Crippen LogP contribution in [-0.2, 0) is 4.79 Å². The Bertz CT molecular complexity index is 655. The second-order valence-electron chi connectivity index (χ2n) is 4.98. The summed E-state index contributed by atoms with van der Waals surface area (Å²) in [6.07, 6.45) is 0. The molecule has 0 saturated heterocycles. The fourth-order valence-electron chi connectivity index (χ4n) is 2.11. The van der Waals surface area contributed by atoms with Gasteiger partial charge in [-0.1, -0.05) is 18.2 Å². The van der Waals surface area contributed by atoms with Gasteiger partial charge in [0.2, 0.25) is 5.91 Å². The third-order valence-corrected chi connectivity index (χ3v) is 3.19. The van der Waals surface area contributed by atoms with E-state index in [1.165, 1.54) is 6.92 Å². The highest BCUT2D eigenvalue weighted by molar-refractivity contribution is 6.05. The second kappa shape index (κ2) is 6.22. The van der Waals surface area contributed by atoms with Crippen molar-refractivity contribution in [2.75, 3.05) is 10.6 Å². The molecule has 0 atom stereocenters. The lowest BCUT2D eigenvalue weighted by atomic mass is 10.1. The molecule has 0 bridgehead atoms. The van der Waals surface area contributed by atoms with Gasteiger partial charge in [0.15, 0.2) is 0 Å². The van der Waals surface area contributed by atoms with Gasteiger partial charge in [-0.2, -0.15) is 0 Å². The molecule has 2 rings (SSSR count). The number of anilines is 2. The fraction of sp³-hybridized carbons (Fsp3) is 0.176. The quantitative estimate of drug-likeness (QED) is 0.905. The van der Waals surface area contributed by atoms with E-state index in [1.54, 1.807) is 24.3 Å². The summed E-state index contributed by atoms with van der Waals surface area (Å²) in [6.45, 7) is 5.37. The van der Waals surface area contributed by atoms with Crippen LogP contribution in [0.25, 0.3) is 0 Å². The Hall–Kier alpha value is -2.62. The molecule has 4 nitrogen and oxygen atoms in total. The summed E-state index contributed by atoms with van der Waals surface area (Å²) in [7, 11) is 0. The standard InChI is InChI=1S/C17H18N2O2/c1-11-5-4-6-12(2)16(11)19-17(21)14-7-9-15(10-8-14)18-13(3)20/h4-10H,1-3H3,(H,18,20)(H,19,21). The number of nitrogens with one attached hydrogen (secondary N) is 2. The van der Waals surface area contributed by atoms with Crippen molar-refractivity contribution in [3.63, 3.8) is 0 Å². The molecule has 0 aromatic heterocycles. The predicted molar refractivity (Wildman–Crippen MR) is 84.6 cm³/mol. The van der Waals surface area contributed by atoms with E-state index in [2.05, 4.69) is 10.6 Å². The Kier molecular flexibility index (Phi) is 4.38. The van der Waals surface area contributed by atoms with Gasteiger partial charge in [0.05, 0.1) is 0 Å². The maximum absolute atomic E-state index is 12.3. The normalized spacial score (nSPS) is 10.0. The fourth-order valence-corrected chi connectivity index (χ4v) is 2.11. The van der Waals surface area contributed by atoms with Crippen molar-refractivity contribution in [1.29, 1.82) is 0 Å². The molecule has 2 aromatic carbocycles. The number of amides is 2. The number of rotatable bonds is 3. The highest BCUT2D eigenvalue weighted by Gasteiger charge is 2.09. The molecule has 2 aromatic rings. The molecule has 108 valence electrons. The highest BCUT2D eigenvalue weighted by Crippen LogP contribution is 2.20. The monoisotopic (exact) mass is 282 g/mol. The Morgan fingerprint density at radius 2 is 1.43 bits per heavy atom. The average Bonchev–Trinajstić information content (AvgIpc) is 2.43. The van der Waals surface area contributed by atoms with Gasteiger partial charge in [-0.25, -0.2) is 0 Å².